The van der Waals surface area contributed by atoms with Gasteiger partial charge in [0.1, 0.15) is 0 Å². The van der Waals surface area contributed by atoms with Gasteiger partial charge >= 0.3 is 0 Å². The van der Waals surface area contributed by atoms with Crippen molar-refractivity contribution in [3.63, 3.8) is 0 Å². The van der Waals surface area contributed by atoms with Crippen LogP contribution in [0.15, 0.2) is 34.3 Å². The fourth-order valence-corrected chi connectivity index (χ4v) is 3.04. The van der Waals surface area contributed by atoms with E-state index < -0.39 is 0 Å². The molecule has 2 N–H and O–H groups in total. The summed E-state index contributed by atoms with van der Waals surface area (Å²) in [6, 6.07) is 8.42. The molecule has 1 aliphatic carbocycles. The SMILES string of the molecule is NCC(=Cc1cccc(Br)c1)C1CCCCC1. The molecule has 1 nitrogen and oxygen atoms in total. The maximum atomic E-state index is 5.91. The van der Waals surface area contributed by atoms with Crippen LogP contribution in [-0.2, 0) is 0 Å². The molecule has 92 valence electrons. The molecule has 0 spiro atoms. The number of hydrogen-bond acceptors (Lipinski definition) is 1. The lowest BCUT2D eigenvalue weighted by atomic mass is 9.83. The largest absolute Gasteiger partial charge is 0.327 e. The summed E-state index contributed by atoms with van der Waals surface area (Å²) in [5.41, 5.74) is 8.58. The first-order valence-electron chi connectivity index (χ1n) is 6.45. The zero-order valence-corrected chi connectivity index (χ0v) is 11.7. The molecule has 2 rings (SSSR count). The molecule has 1 saturated carbocycles. The van der Waals surface area contributed by atoms with Crippen molar-refractivity contribution in [1.29, 1.82) is 0 Å². The van der Waals surface area contributed by atoms with E-state index in [0.717, 1.165) is 4.47 Å². The van der Waals surface area contributed by atoms with Crippen molar-refractivity contribution in [1.82, 2.24) is 0 Å². The van der Waals surface area contributed by atoms with Gasteiger partial charge in [0, 0.05) is 11.0 Å². The smallest absolute Gasteiger partial charge is 0.0181 e. The van der Waals surface area contributed by atoms with E-state index in [4.69, 9.17) is 5.73 Å². The Morgan fingerprint density at radius 1 is 1.29 bits per heavy atom. The van der Waals surface area contributed by atoms with Crippen molar-refractivity contribution in [3.8, 4) is 0 Å². The quantitative estimate of drug-likeness (QED) is 0.880. The van der Waals surface area contributed by atoms with Crippen LogP contribution in [0.4, 0.5) is 0 Å². The van der Waals surface area contributed by atoms with Crippen LogP contribution >= 0.6 is 15.9 Å². The minimum absolute atomic E-state index is 0.692. The van der Waals surface area contributed by atoms with Crippen LogP contribution in [0.2, 0.25) is 0 Å². The normalized spacial score (nSPS) is 18.4. The molecule has 17 heavy (non-hydrogen) atoms. The average molecular weight is 294 g/mol. The first-order chi connectivity index (χ1) is 8.29. The van der Waals surface area contributed by atoms with E-state index in [-0.39, 0.29) is 0 Å². The highest BCUT2D eigenvalue weighted by atomic mass is 79.9. The van der Waals surface area contributed by atoms with Crippen LogP contribution in [0, 0.1) is 5.92 Å². The molecule has 0 saturated heterocycles. The van der Waals surface area contributed by atoms with E-state index in [1.54, 1.807) is 0 Å². The van der Waals surface area contributed by atoms with Gasteiger partial charge in [-0.2, -0.15) is 0 Å². The first-order valence-corrected chi connectivity index (χ1v) is 7.25. The predicted molar refractivity (Wildman–Crippen MR) is 77.7 cm³/mol. The van der Waals surface area contributed by atoms with E-state index >= 15 is 0 Å². The van der Waals surface area contributed by atoms with Crippen LogP contribution < -0.4 is 5.73 Å². The first kappa shape index (κ1) is 12.8. The number of hydrogen-bond donors (Lipinski definition) is 1. The lowest BCUT2D eigenvalue weighted by molar-refractivity contribution is 0.401. The maximum absolute atomic E-state index is 5.91. The summed E-state index contributed by atoms with van der Waals surface area (Å²) in [5.74, 6) is 0.715. The van der Waals surface area contributed by atoms with Crippen molar-refractivity contribution in [2.45, 2.75) is 32.1 Å². The standard InChI is InChI=1S/C15H20BrN/c16-15-8-4-5-12(10-15)9-14(11-17)13-6-2-1-3-7-13/h4-5,8-10,13H,1-3,6-7,11,17H2. The van der Waals surface area contributed by atoms with Crippen molar-refractivity contribution >= 4 is 22.0 Å². The van der Waals surface area contributed by atoms with E-state index in [0.29, 0.717) is 12.5 Å². The van der Waals surface area contributed by atoms with Gasteiger partial charge in [0.25, 0.3) is 0 Å². The monoisotopic (exact) mass is 293 g/mol. The highest BCUT2D eigenvalue weighted by molar-refractivity contribution is 9.10. The minimum atomic E-state index is 0.692. The molecule has 0 amide bonds. The van der Waals surface area contributed by atoms with Gasteiger partial charge in [-0.15, -0.1) is 0 Å². The Kier molecular flexibility index (Phi) is 4.81. The molecule has 0 atom stereocenters. The molecule has 1 fully saturated rings. The number of rotatable bonds is 3. The molecule has 1 aromatic rings. The number of halogens is 1. The van der Waals surface area contributed by atoms with Gasteiger partial charge in [-0.1, -0.05) is 59.0 Å². The van der Waals surface area contributed by atoms with Gasteiger partial charge in [-0.3, -0.25) is 0 Å². The average Bonchev–Trinajstić information content (AvgIpc) is 2.37. The summed E-state index contributed by atoms with van der Waals surface area (Å²) in [5, 5.41) is 0. The molecule has 1 aromatic carbocycles. The molecule has 2 heteroatoms. The van der Waals surface area contributed by atoms with Crippen LogP contribution in [0.5, 0.6) is 0 Å². The molecule has 0 heterocycles. The van der Waals surface area contributed by atoms with Gasteiger partial charge in [0.05, 0.1) is 0 Å². The third kappa shape index (κ3) is 3.68. The fraction of sp³-hybridized carbons (Fsp3) is 0.467. The zero-order valence-electron chi connectivity index (χ0n) is 10.2. The maximum Gasteiger partial charge on any atom is 0.0181 e. The summed E-state index contributed by atoms with van der Waals surface area (Å²) in [4.78, 5) is 0. The Balaban J connectivity index is 2.16. The summed E-state index contributed by atoms with van der Waals surface area (Å²) >= 11 is 3.51. The minimum Gasteiger partial charge on any atom is -0.327 e. The molecule has 0 bridgehead atoms. The Hall–Kier alpha value is -0.600. The molecule has 0 radical (unpaired) electrons. The molecular weight excluding hydrogens is 274 g/mol. The van der Waals surface area contributed by atoms with Gasteiger partial charge in [-0.25, -0.2) is 0 Å². The number of nitrogens with two attached hydrogens (primary N) is 1. The van der Waals surface area contributed by atoms with Crippen LogP contribution in [0.3, 0.4) is 0 Å². The van der Waals surface area contributed by atoms with Gasteiger partial charge in [-0.05, 0) is 36.5 Å². The predicted octanol–water partition coefficient (Wildman–Crippen LogP) is 4.37. The van der Waals surface area contributed by atoms with E-state index in [9.17, 15) is 0 Å². The topological polar surface area (TPSA) is 26.0 Å². The van der Waals surface area contributed by atoms with Gasteiger partial charge < -0.3 is 5.73 Å². The second-order valence-electron chi connectivity index (χ2n) is 4.81. The van der Waals surface area contributed by atoms with Crippen molar-refractivity contribution in [2.24, 2.45) is 11.7 Å². The lowest BCUT2D eigenvalue weighted by Crippen LogP contribution is -2.16. The van der Waals surface area contributed by atoms with E-state index in [1.165, 1.54) is 43.2 Å². The van der Waals surface area contributed by atoms with Gasteiger partial charge in [0.2, 0.25) is 0 Å². The third-order valence-electron chi connectivity index (χ3n) is 3.57. The highest BCUT2D eigenvalue weighted by Crippen LogP contribution is 2.30. The zero-order chi connectivity index (χ0) is 12.1. The van der Waals surface area contributed by atoms with Crippen LogP contribution in [0.25, 0.3) is 6.08 Å². The highest BCUT2D eigenvalue weighted by Gasteiger charge is 2.16. The third-order valence-corrected chi connectivity index (χ3v) is 4.06. The Morgan fingerprint density at radius 2 is 2.06 bits per heavy atom. The second-order valence-corrected chi connectivity index (χ2v) is 5.73. The van der Waals surface area contributed by atoms with Crippen molar-refractivity contribution in [3.05, 3.63) is 39.9 Å². The summed E-state index contributed by atoms with van der Waals surface area (Å²) in [7, 11) is 0. The Morgan fingerprint density at radius 3 is 2.71 bits per heavy atom. The van der Waals surface area contributed by atoms with E-state index in [2.05, 4.69) is 46.3 Å². The molecule has 0 aromatic heterocycles. The van der Waals surface area contributed by atoms with Crippen LogP contribution in [0.1, 0.15) is 37.7 Å². The number of benzene rings is 1. The van der Waals surface area contributed by atoms with Gasteiger partial charge in [0.15, 0.2) is 0 Å². The molecular formula is C15H20BrN. The van der Waals surface area contributed by atoms with Crippen molar-refractivity contribution in [2.75, 3.05) is 6.54 Å². The molecule has 0 aliphatic heterocycles. The Bertz CT molecular complexity index is 392. The molecule has 0 unspecified atom stereocenters. The lowest BCUT2D eigenvalue weighted by Gasteiger charge is -2.24. The van der Waals surface area contributed by atoms with E-state index in [1.807, 2.05) is 0 Å². The summed E-state index contributed by atoms with van der Waals surface area (Å²) in [6.07, 6.45) is 9.03. The Labute approximate surface area is 112 Å². The fourth-order valence-electron chi connectivity index (χ4n) is 2.63. The van der Waals surface area contributed by atoms with Crippen molar-refractivity contribution < 1.29 is 0 Å². The second kappa shape index (κ2) is 6.36. The summed E-state index contributed by atoms with van der Waals surface area (Å²) in [6.45, 7) is 0.692. The molecule has 1 aliphatic rings. The van der Waals surface area contributed by atoms with Crippen LogP contribution in [-0.4, -0.2) is 6.54 Å². The summed E-state index contributed by atoms with van der Waals surface area (Å²) < 4.78 is 1.13.